The summed E-state index contributed by atoms with van der Waals surface area (Å²) in [5, 5.41) is 3.58. The minimum Gasteiger partial charge on any atom is -0.379 e. The van der Waals surface area contributed by atoms with Crippen LogP contribution in [-0.4, -0.2) is 25.8 Å². The van der Waals surface area contributed by atoms with Gasteiger partial charge in [-0.25, -0.2) is 0 Å². The van der Waals surface area contributed by atoms with Crippen LogP contribution < -0.4 is 5.32 Å². The zero-order chi connectivity index (χ0) is 12.8. The van der Waals surface area contributed by atoms with Crippen LogP contribution in [0.5, 0.6) is 0 Å². The Bertz CT molecular complexity index is 174. The lowest BCUT2D eigenvalue weighted by molar-refractivity contribution is -0.0161. The molecule has 0 rings (SSSR count). The lowest BCUT2D eigenvalue weighted by Gasteiger charge is -2.37. The van der Waals surface area contributed by atoms with Crippen LogP contribution in [0.4, 0.5) is 0 Å². The van der Waals surface area contributed by atoms with E-state index in [-0.39, 0.29) is 11.5 Å². The Labute approximate surface area is 102 Å². The van der Waals surface area contributed by atoms with Crippen molar-refractivity contribution < 1.29 is 4.74 Å². The van der Waals surface area contributed by atoms with Crippen LogP contribution in [0.1, 0.15) is 54.4 Å². The third kappa shape index (κ3) is 5.31. The van der Waals surface area contributed by atoms with Gasteiger partial charge >= 0.3 is 0 Å². The lowest BCUT2D eigenvalue weighted by Crippen LogP contribution is -2.48. The molecule has 0 aliphatic heterocycles. The van der Waals surface area contributed by atoms with Crippen molar-refractivity contribution in [3.8, 4) is 0 Å². The van der Waals surface area contributed by atoms with Crippen LogP contribution in [0.25, 0.3) is 0 Å². The first-order chi connectivity index (χ1) is 7.36. The molecule has 0 aliphatic rings. The Kier molecular flexibility index (Phi) is 7.25. The third-order valence-electron chi connectivity index (χ3n) is 3.29. The van der Waals surface area contributed by atoms with Gasteiger partial charge in [0.1, 0.15) is 0 Å². The second kappa shape index (κ2) is 7.29. The standard InChI is InChI=1S/C14H31NO/c1-8-11(3)10-12(15-9-2)13(16-7)14(4,5)6/h11-13,15H,8-10H2,1-7H3. The minimum atomic E-state index is 0.190. The molecule has 0 saturated carbocycles. The molecule has 2 heteroatoms. The average Bonchev–Trinajstić information content (AvgIpc) is 2.16. The fourth-order valence-corrected chi connectivity index (χ4v) is 2.30. The first-order valence-electron chi connectivity index (χ1n) is 6.62. The molecule has 0 spiro atoms. The van der Waals surface area contributed by atoms with Gasteiger partial charge in [-0.3, -0.25) is 0 Å². The fraction of sp³-hybridized carbons (Fsp3) is 1.00. The molecule has 3 atom stereocenters. The summed E-state index contributed by atoms with van der Waals surface area (Å²) in [6, 6.07) is 0.463. The van der Waals surface area contributed by atoms with E-state index in [1.807, 2.05) is 7.11 Å². The Morgan fingerprint density at radius 2 is 1.75 bits per heavy atom. The number of likely N-dealkylation sites (N-methyl/N-ethyl adjacent to an activating group) is 1. The molecule has 0 aromatic rings. The van der Waals surface area contributed by atoms with Crippen molar-refractivity contribution >= 4 is 0 Å². The van der Waals surface area contributed by atoms with Gasteiger partial charge in [0, 0.05) is 13.2 Å². The molecule has 3 unspecified atom stereocenters. The molecule has 0 radical (unpaired) electrons. The SMILES string of the molecule is CCNC(CC(C)CC)C(OC)C(C)(C)C. The Hall–Kier alpha value is -0.0800. The van der Waals surface area contributed by atoms with Gasteiger partial charge < -0.3 is 10.1 Å². The fourth-order valence-electron chi connectivity index (χ4n) is 2.30. The monoisotopic (exact) mass is 229 g/mol. The molecule has 0 bridgehead atoms. The summed E-state index contributed by atoms with van der Waals surface area (Å²) >= 11 is 0. The largest absolute Gasteiger partial charge is 0.379 e. The highest BCUT2D eigenvalue weighted by Gasteiger charge is 2.32. The molecule has 16 heavy (non-hydrogen) atoms. The zero-order valence-electron chi connectivity index (χ0n) is 12.3. The van der Waals surface area contributed by atoms with Crippen LogP contribution >= 0.6 is 0 Å². The normalized spacial score (nSPS) is 18.2. The van der Waals surface area contributed by atoms with Gasteiger partial charge in [0.05, 0.1) is 6.10 Å². The topological polar surface area (TPSA) is 21.3 Å². The predicted molar refractivity (Wildman–Crippen MR) is 71.8 cm³/mol. The van der Waals surface area contributed by atoms with E-state index >= 15 is 0 Å². The molecule has 98 valence electrons. The first-order valence-corrected chi connectivity index (χ1v) is 6.62. The van der Waals surface area contributed by atoms with E-state index in [0.29, 0.717) is 6.04 Å². The molecule has 0 aromatic carbocycles. The van der Waals surface area contributed by atoms with Gasteiger partial charge in [-0.15, -0.1) is 0 Å². The van der Waals surface area contributed by atoms with Crippen LogP contribution in [0.3, 0.4) is 0 Å². The summed E-state index contributed by atoms with van der Waals surface area (Å²) in [5.41, 5.74) is 0.190. The number of rotatable bonds is 7. The second-order valence-electron chi connectivity index (χ2n) is 5.94. The summed E-state index contributed by atoms with van der Waals surface area (Å²) in [4.78, 5) is 0. The highest BCUT2D eigenvalue weighted by Crippen LogP contribution is 2.27. The van der Waals surface area contributed by atoms with E-state index in [2.05, 4.69) is 46.9 Å². The molecule has 0 heterocycles. The van der Waals surface area contributed by atoms with Crippen LogP contribution in [0.15, 0.2) is 0 Å². The number of hydrogen-bond acceptors (Lipinski definition) is 2. The highest BCUT2D eigenvalue weighted by molar-refractivity contribution is 4.86. The molecule has 0 saturated heterocycles. The van der Waals surface area contributed by atoms with Crippen molar-refractivity contribution in [2.45, 2.75) is 66.5 Å². The van der Waals surface area contributed by atoms with Crippen LogP contribution in [-0.2, 0) is 4.74 Å². The molecular formula is C14H31NO. The van der Waals surface area contributed by atoms with Crippen molar-refractivity contribution in [2.24, 2.45) is 11.3 Å². The molecule has 2 nitrogen and oxygen atoms in total. The molecule has 1 N–H and O–H groups in total. The third-order valence-corrected chi connectivity index (χ3v) is 3.29. The summed E-state index contributed by atoms with van der Waals surface area (Å²) in [6.07, 6.45) is 2.71. The van der Waals surface area contributed by atoms with E-state index in [9.17, 15) is 0 Å². The maximum atomic E-state index is 5.71. The van der Waals surface area contributed by atoms with Crippen molar-refractivity contribution in [1.29, 1.82) is 0 Å². The summed E-state index contributed by atoms with van der Waals surface area (Å²) in [5.74, 6) is 0.754. The molecular weight excluding hydrogens is 198 g/mol. The van der Waals surface area contributed by atoms with Crippen LogP contribution in [0, 0.1) is 11.3 Å². The van der Waals surface area contributed by atoms with Crippen molar-refractivity contribution in [2.75, 3.05) is 13.7 Å². The van der Waals surface area contributed by atoms with Crippen molar-refractivity contribution in [3.63, 3.8) is 0 Å². The van der Waals surface area contributed by atoms with E-state index in [4.69, 9.17) is 4.74 Å². The van der Waals surface area contributed by atoms with Gasteiger partial charge in [0.15, 0.2) is 0 Å². The van der Waals surface area contributed by atoms with Gasteiger partial charge in [0.25, 0.3) is 0 Å². The summed E-state index contributed by atoms with van der Waals surface area (Å²) < 4.78 is 5.71. The highest BCUT2D eigenvalue weighted by atomic mass is 16.5. The Balaban J connectivity index is 4.59. The van der Waals surface area contributed by atoms with E-state index < -0.39 is 0 Å². The van der Waals surface area contributed by atoms with E-state index in [0.717, 1.165) is 12.5 Å². The number of ether oxygens (including phenoxy) is 1. The average molecular weight is 229 g/mol. The minimum absolute atomic E-state index is 0.190. The zero-order valence-corrected chi connectivity index (χ0v) is 12.3. The quantitative estimate of drug-likeness (QED) is 0.722. The van der Waals surface area contributed by atoms with Crippen LogP contribution in [0.2, 0.25) is 0 Å². The van der Waals surface area contributed by atoms with Gasteiger partial charge in [-0.1, -0.05) is 48.0 Å². The van der Waals surface area contributed by atoms with Crippen molar-refractivity contribution in [3.05, 3.63) is 0 Å². The smallest absolute Gasteiger partial charge is 0.0772 e. The van der Waals surface area contributed by atoms with Gasteiger partial charge in [0.2, 0.25) is 0 Å². The summed E-state index contributed by atoms with van der Waals surface area (Å²) in [6.45, 7) is 14.5. The Morgan fingerprint density at radius 1 is 1.19 bits per heavy atom. The number of hydrogen-bond donors (Lipinski definition) is 1. The lowest BCUT2D eigenvalue weighted by atomic mass is 9.81. The number of methoxy groups -OCH3 is 1. The predicted octanol–water partition coefficient (Wildman–Crippen LogP) is 3.46. The van der Waals surface area contributed by atoms with Crippen molar-refractivity contribution in [1.82, 2.24) is 5.32 Å². The number of nitrogens with one attached hydrogen (secondary N) is 1. The van der Waals surface area contributed by atoms with E-state index in [1.165, 1.54) is 12.8 Å². The van der Waals surface area contributed by atoms with Gasteiger partial charge in [-0.05, 0) is 24.3 Å². The maximum absolute atomic E-state index is 5.71. The Morgan fingerprint density at radius 3 is 2.06 bits per heavy atom. The molecule has 0 fully saturated rings. The maximum Gasteiger partial charge on any atom is 0.0772 e. The summed E-state index contributed by atoms with van der Waals surface area (Å²) in [7, 11) is 1.83. The molecule has 0 aromatic heterocycles. The second-order valence-corrected chi connectivity index (χ2v) is 5.94. The first kappa shape index (κ1) is 15.9. The van der Waals surface area contributed by atoms with E-state index in [1.54, 1.807) is 0 Å². The van der Waals surface area contributed by atoms with Gasteiger partial charge in [-0.2, -0.15) is 0 Å². The molecule has 0 aliphatic carbocycles. The molecule has 0 amide bonds.